The van der Waals surface area contributed by atoms with Crippen LogP contribution in [0, 0.1) is 27.7 Å². The van der Waals surface area contributed by atoms with Crippen LogP contribution in [0.1, 0.15) is 41.1 Å². The molecule has 6 nitrogen and oxygen atoms in total. The number of carbonyl (C=O) groups is 1. The van der Waals surface area contributed by atoms with E-state index in [9.17, 15) is 4.79 Å². The Balaban J connectivity index is 1.70. The Labute approximate surface area is 194 Å². The Bertz CT molecular complexity index is 1120. The zero-order valence-electron chi connectivity index (χ0n) is 19.3. The van der Waals surface area contributed by atoms with Crippen LogP contribution in [-0.4, -0.2) is 26.4 Å². The Kier molecular flexibility index (Phi) is 7.75. The highest BCUT2D eigenvalue weighted by Crippen LogP contribution is 2.28. The summed E-state index contributed by atoms with van der Waals surface area (Å²) in [5.41, 5.74) is 5.31. The number of aryl methyl sites for hydroxylation is 3. The predicted octanol–water partition coefficient (Wildman–Crippen LogP) is 5.57. The summed E-state index contributed by atoms with van der Waals surface area (Å²) in [4.78, 5) is 12.5. The van der Waals surface area contributed by atoms with E-state index in [2.05, 4.69) is 35.1 Å². The lowest BCUT2D eigenvalue weighted by atomic mass is 10.1. The zero-order valence-corrected chi connectivity index (χ0v) is 20.1. The highest BCUT2D eigenvalue weighted by molar-refractivity contribution is 7.99. The molecule has 1 unspecified atom stereocenters. The summed E-state index contributed by atoms with van der Waals surface area (Å²) in [6.07, 6.45) is 1.48. The molecule has 0 saturated heterocycles. The number of amides is 1. The molecule has 1 atom stereocenters. The van der Waals surface area contributed by atoms with Crippen molar-refractivity contribution in [3.63, 3.8) is 0 Å². The van der Waals surface area contributed by atoms with Gasteiger partial charge >= 0.3 is 0 Å². The van der Waals surface area contributed by atoms with Gasteiger partial charge in [-0.2, -0.15) is 0 Å². The summed E-state index contributed by atoms with van der Waals surface area (Å²) in [5.74, 6) is 1.67. The standard InChI is InChI=1S/C25H30N4O2S/c1-7-13-29-24(20(6)31-22-10-8-9-17(3)19(22)5)27-28-25(29)32-15-23(30)26-21-12-11-16(2)14-18(21)4/h7-12,14,20H,1,13,15H2,2-6H3,(H,26,30). The second-order valence-corrected chi connectivity index (χ2v) is 8.80. The van der Waals surface area contributed by atoms with Crippen molar-refractivity contribution in [2.75, 3.05) is 11.1 Å². The number of rotatable bonds is 9. The van der Waals surface area contributed by atoms with Crippen LogP contribution in [0.25, 0.3) is 0 Å². The van der Waals surface area contributed by atoms with Gasteiger partial charge in [-0.1, -0.05) is 47.7 Å². The van der Waals surface area contributed by atoms with Crippen LogP contribution in [0.3, 0.4) is 0 Å². The van der Waals surface area contributed by atoms with Crippen molar-refractivity contribution in [2.45, 2.75) is 52.4 Å². The summed E-state index contributed by atoms with van der Waals surface area (Å²) in [7, 11) is 0. The van der Waals surface area contributed by atoms with Crippen LogP contribution in [-0.2, 0) is 11.3 Å². The number of ether oxygens (including phenoxy) is 1. The number of carbonyl (C=O) groups excluding carboxylic acids is 1. The molecule has 0 aliphatic carbocycles. The molecule has 168 valence electrons. The van der Waals surface area contributed by atoms with Gasteiger partial charge in [0.2, 0.25) is 5.91 Å². The van der Waals surface area contributed by atoms with Crippen molar-refractivity contribution < 1.29 is 9.53 Å². The molecule has 32 heavy (non-hydrogen) atoms. The molecule has 0 saturated carbocycles. The van der Waals surface area contributed by atoms with E-state index in [4.69, 9.17) is 4.74 Å². The molecule has 0 radical (unpaired) electrons. The average molecular weight is 451 g/mol. The fourth-order valence-corrected chi connectivity index (χ4v) is 4.13. The maximum atomic E-state index is 12.5. The molecular formula is C25H30N4O2S. The average Bonchev–Trinajstić information content (AvgIpc) is 3.15. The van der Waals surface area contributed by atoms with E-state index in [1.54, 1.807) is 6.08 Å². The van der Waals surface area contributed by atoms with Crippen molar-refractivity contribution in [2.24, 2.45) is 0 Å². The predicted molar refractivity (Wildman–Crippen MR) is 130 cm³/mol. The summed E-state index contributed by atoms with van der Waals surface area (Å²) in [5, 5.41) is 12.3. The number of thioether (sulfide) groups is 1. The number of nitrogens with zero attached hydrogens (tertiary/aromatic N) is 3. The van der Waals surface area contributed by atoms with Crippen LogP contribution in [0.15, 0.2) is 54.2 Å². The van der Waals surface area contributed by atoms with E-state index in [1.165, 1.54) is 17.3 Å². The third-order valence-corrected chi connectivity index (χ3v) is 6.23. The van der Waals surface area contributed by atoms with Gasteiger partial charge in [0, 0.05) is 12.2 Å². The van der Waals surface area contributed by atoms with E-state index in [-0.39, 0.29) is 17.8 Å². The molecule has 1 heterocycles. The van der Waals surface area contributed by atoms with Crippen LogP contribution < -0.4 is 10.1 Å². The Morgan fingerprint density at radius 1 is 1.19 bits per heavy atom. The van der Waals surface area contributed by atoms with Gasteiger partial charge in [-0.15, -0.1) is 16.8 Å². The molecule has 3 aromatic rings. The molecule has 1 amide bonds. The van der Waals surface area contributed by atoms with E-state index >= 15 is 0 Å². The fraction of sp³-hybridized carbons (Fsp3) is 0.320. The topological polar surface area (TPSA) is 69.0 Å². The number of allylic oxidation sites excluding steroid dienone is 1. The van der Waals surface area contributed by atoms with Crippen molar-refractivity contribution in [3.8, 4) is 5.75 Å². The van der Waals surface area contributed by atoms with Gasteiger partial charge in [-0.3, -0.25) is 9.36 Å². The molecule has 0 aliphatic rings. The second-order valence-electron chi connectivity index (χ2n) is 7.85. The molecule has 0 spiro atoms. The normalized spacial score (nSPS) is 11.8. The summed E-state index contributed by atoms with van der Waals surface area (Å²) in [6, 6.07) is 12.0. The SMILES string of the molecule is C=CCn1c(SCC(=O)Nc2ccc(C)cc2C)nnc1C(C)Oc1cccc(C)c1C. The lowest BCUT2D eigenvalue weighted by molar-refractivity contribution is -0.113. The summed E-state index contributed by atoms with van der Waals surface area (Å²) >= 11 is 1.35. The molecule has 0 aliphatic heterocycles. The lowest BCUT2D eigenvalue weighted by Crippen LogP contribution is -2.16. The smallest absolute Gasteiger partial charge is 0.234 e. The minimum absolute atomic E-state index is 0.0867. The molecule has 2 aromatic carbocycles. The van der Waals surface area contributed by atoms with Gasteiger partial charge in [0.05, 0.1) is 5.75 Å². The van der Waals surface area contributed by atoms with Crippen molar-refractivity contribution in [1.82, 2.24) is 14.8 Å². The highest BCUT2D eigenvalue weighted by Gasteiger charge is 2.20. The minimum Gasteiger partial charge on any atom is -0.482 e. The fourth-order valence-electron chi connectivity index (χ4n) is 3.37. The van der Waals surface area contributed by atoms with Crippen LogP contribution in [0.4, 0.5) is 5.69 Å². The number of hydrogen-bond donors (Lipinski definition) is 1. The second kappa shape index (κ2) is 10.5. The first-order chi connectivity index (χ1) is 15.3. The lowest BCUT2D eigenvalue weighted by Gasteiger charge is -2.18. The zero-order chi connectivity index (χ0) is 23.3. The molecule has 1 aromatic heterocycles. The molecular weight excluding hydrogens is 420 g/mol. The van der Waals surface area contributed by atoms with E-state index in [0.717, 1.165) is 28.1 Å². The van der Waals surface area contributed by atoms with Crippen molar-refractivity contribution >= 4 is 23.4 Å². The largest absolute Gasteiger partial charge is 0.482 e. The van der Waals surface area contributed by atoms with E-state index < -0.39 is 0 Å². The first-order valence-electron chi connectivity index (χ1n) is 10.6. The van der Waals surface area contributed by atoms with Crippen LogP contribution in [0.2, 0.25) is 0 Å². The van der Waals surface area contributed by atoms with Crippen LogP contribution >= 0.6 is 11.8 Å². The van der Waals surface area contributed by atoms with Crippen LogP contribution in [0.5, 0.6) is 5.75 Å². The van der Waals surface area contributed by atoms with Crippen molar-refractivity contribution in [1.29, 1.82) is 0 Å². The third kappa shape index (κ3) is 5.59. The quantitative estimate of drug-likeness (QED) is 0.341. The molecule has 0 bridgehead atoms. The van der Waals surface area contributed by atoms with Gasteiger partial charge < -0.3 is 10.1 Å². The summed E-state index contributed by atoms with van der Waals surface area (Å²) < 4.78 is 8.14. The van der Waals surface area contributed by atoms with E-state index in [0.29, 0.717) is 17.5 Å². The van der Waals surface area contributed by atoms with Crippen molar-refractivity contribution in [3.05, 3.63) is 77.1 Å². The highest BCUT2D eigenvalue weighted by atomic mass is 32.2. The number of hydrogen-bond acceptors (Lipinski definition) is 5. The number of aromatic nitrogens is 3. The molecule has 0 fully saturated rings. The van der Waals surface area contributed by atoms with Gasteiger partial charge in [0.25, 0.3) is 0 Å². The number of nitrogens with one attached hydrogen (secondary N) is 1. The van der Waals surface area contributed by atoms with Gasteiger partial charge in [0.15, 0.2) is 17.1 Å². The molecule has 7 heteroatoms. The Morgan fingerprint density at radius 3 is 2.69 bits per heavy atom. The van der Waals surface area contributed by atoms with Gasteiger partial charge in [0.1, 0.15) is 5.75 Å². The molecule has 1 N–H and O–H groups in total. The van der Waals surface area contributed by atoms with E-state index in [1.807, 2.05) is 62.6 Å². The number of benzene rings is 2. The Morgan fingerprint density at radius 2 is 1.97 bits per heavy atom. The maximum Gasteiger partial charge on any atom is 0.234 e. The maximum absolute atomic E-state index is 12.5. The van der Waals surface area contributed by atoms with Gasteiger partial charge in [-0.25, -0.2) is 0 Å². The number of anilines is 1. The first-order valence-corrected chi connectivity index (χ1v) is 11.6. The third-order valence-electron chi connectivity index (χ3n) is 5.27. The molecule has 3 rings (SSSR count). The van der Waals surface area contributed by atoms with Gasteiger partial charge in [-0.05, 0) is 63.4 Å². The summed E-state index contributed by atoms with van der Waals surface area (Å²) in [6.45, 7) is 14.5. The Hall–Kier alpha value is -3.06. The minimum atomic E-state index is -0.304. The first kappa shape index (κ1) is 23.6. The monoisotopic (exact) mass is 450 g/mol.